The van der Waals surface area contributed by atoms with Crippen molar-refractivity contribution in [3.05, 3.63) is 59.7 Å². The fraction of sp³-hybridized carbons (Fsp3) is 0.150. The molecular formula is C20H17N3O2. The zero-order valence-corrected chi connectivity index (χ0v) is 14.3. The predicted octanol–water partition coefficient (Wildman–Crippen LogP) is 4.58. The van der Waals surface area contributed by atoms with Crippen molar-refractivity contribution in [1.82, 2.24) is 15.1 Å². The quantitative estimate of drug-likeness (QED) is 0.550. The monoisotopic (exact) mass is 331 g/mol. The number of aryl methyl sites for hydroxylation is 2. The molecule has 0 fully saturated rings. The number of fused-ring (bicyclic) bond motifs is 1. The Morgan fingerprint density at radius 2 is 1.80 bits per heavy atom. The smallest absolute Gasteiger partial charge is 0.258 e. The second-order valence-electron chi connectivity index (χ2n) is 6.00. The molecule has 0 radical (unpaired) electrons. The van der Waals surface area contributed by atoms with Crippen molar-refractivity contribution >= 4 is 10.9 Å². The van der Waals surface area contributed by atoms with Gasteiger partial charge >= 0.3 is 0 Å². The van der Waals surface area contributed by atoms with Crippen LogP contribution in [0.25, 0.3) is 33.9 Å². The van der Waals surface area contributed by atoms with Gasteiger partial charge in [-0.25, -0.2) is 4.98 Å². The summed E-state index contributed by atoms with van der Waals surface area (Å²) in [6.07, 6.45) is 0. The molecule has 124 valence electrons. The number of ether oxygens (including phenoxy) is 1. The lowest BCUT2D eigenvalue weighted by Gasteiger charge is -2.04. The SMILES string of the molecule is COc1cc(-c2nc(-c3ccc4cc(C)ccc4n3)no2)ccc1C. The van der Waals surface area contributed by atoms with E-state index in [1.54, 1.807) is 7.11 Å². The maximum Gasteiger partial charge on any atom is 0.258 e. The van der Waals surface area contributed by atoms with E-state index in [4.69, 9.17) is 9.26 Å². The molecule has 2 aromatic heterocycles. The molecule has 0 aliphatic rings. The van der Waals surface area contributed by atoms with Crippen LogP contribution in [-0.2, 0) is 0 Å². The van der Waals surface area contributed by atoms with E-state index in [0.717, 1.165) is 27.8 Å². The third-order valence-electron chi connectivity index (χ3n) is 4.15. The van der Waals surface area contributed by atoms with E-state index in [2.05, 4.69) is 28.1 Å². The molecule has 0 unspecified atom stereocenters. The van der Waals surface area contributed by atoms with E-state index in [1.165, 1.54) is 5.56 Å². The lowest BCUT2D eigenvalue weighted by Crippen LogP contribution is -1.89. The highest BCUT2D eigenvalue weighted by atomic mass is 16.5. The highest BCUT2D eigenvalue weighted by Gasteiger charge is 2.13. The van der Waals surface area contributed by atoms with Gasteiger partial charge in [-0.3, -0.25) is 0 Å². The van der Waals surface area contributed by atoms with Gasteiger partial charge in [0.1, 0.15) is 11.4 Å². The van der Waals surface area contributed by atoms with Crippen molar-refractivity contribution in [2.45, 2.75) is 13.8 Å². The van der Waals surface area contributed by atoms with Gasteiger partial charge in [0.05, 0.1) is 12.6 Å². The summed E-state index contributed by atoms with van der Waals surface area (Å²) in [6, 6.07) is 15.9. The van der Waals surface area contributed by atoms with Crippen LogP contribution in [0.5, 0.6) is 5.75 Å². The van der Waals surface area contributed by atoms with Crippen molar-refractivity contribution in [3.63, 3.8) is 0 Å². The van der Waals surface area contributed by atoms with Crippen molar-refractivity contribution in [3.8, 4) is 28.7 Å². The van der Waals surface area contributed by atoms with Crippen molar-refractivity contribution < 1.29 is 9.26 Å². The third kappa shape index (κ3) is 2.85. The number of pyridine rings is 1. The molecule has 0 atom stereocenters. The van der Waals surface area contributed by atoms with Crippen LogP contribution in [0, 0.1) is 13.8 Å². The van der Waals surface area contributed by atoms with E-state index in [-0.39, 0.29) is 0 Å². The van der Waals surface area contributed by atoms with Crippen LogP contribution in [-0.4, -0.2) is 22.2 Å². The van der Waals surface area contributed by atoms with Crippen LogP contribution in [0.3, 0.4) is 0 Å². The van der Waals surface area contributed by atoms with Gasteiger partial charge in [-0.15, -0.1) is 0 Å². The number of rotatable bonds is 3. The molecule has 2 heterocycles. The summed E-state index contributed by atoms with van der Waals surface area (Å²) in [6.45, 7) is 4.05. The highest BCUT2D eigenvalue weighted by molar-refractivity contribution is 5.81. The lowest BCUT2D eigenvalue weighted by atomic mass is 10.1. The molecule has 0 saturated heterocycles. The van der Waals surface area contributed by atoms with E-state index in [0.29, 0.717) is 17.4 Å². The van der Waals surface area contributed by atoms with Crippen LogP contribution in [0.2, 0.25) is 0 Å². The molecule has 0 spiro atoms. The van der Waals surface area contributed by atoms with Crippen LogP contribution >= 0.6 is 0 Å². The molecule has 4 rings (SSSR count). The molecule has 2 aromatic carbocycles. The van der Waals surface area contributed by atoms with E-state index in [1.807, 2.05) is 49.4 Å². The van der Waals surface area contributed by atoms with Gasteiger partial charge in [0.15, 0.2) is 0 Å². The van der Waals surface area contributed by atoms with Gasteiger partial charge < -0.3 is 9.26 Å². The number of aromatic nitrogens is 3. The lowest BCUT2D eigenvalue weighted by molar-refractivity contribution is 0.410. The number of hydrogen-bond acceptors (Lipinski definition) is 5. The predicted molar refractivity (Wildman–Crippen MR) is 96.5 cm³/mol. The zero-order chi connectivity index (χ0) is 17.4. The Kier molecular flexibility index (Phi) is 3.69. The molecule has 0 aliphatic carbocycles. The summed E-state index contributed by atoms with van der Waals surface area (Å²) < 4.78 is 10.8. The Morgan fingerprint density at radius 3 is 2.64 bits per heavy atom. The second kappa shape index (κ2) is 6.02. The number of hydrogen-bond donors (Lipinski definition) is 0. The van der Waals surface area contributed by atoms with E-state index >= 15 is 0 Å². The van der Waals surface area contributed by atoms with Crippen LogP contribution < -0.4 is 4.74 Å². The van der Waals surface area contributed by atoms with Gasteiger partial charge in [0.2, 0.25) is 5.82 Å². The Morgan fingerprint density at radius 1 is 0.920 bits per heavy atom. The minimum Gasteiger partial charge on any atom is -0.496 e. The molecule has 0 bridgehead atoms. The first-order valence-corrected chi connectivity index (χ1v) is 8.00. The summed E-state index contributed by atoms with van der Waals surface area (Å²) in [4.78, 5) is 9.12. The molecule has 0 amide bonds. The molecule has 5 nitrogen and oxygen atoms in total. The van der Waals surface area contributed by atoms with Crippen LogP contribution in [0.4, 0.5) is 0 Å². The molecule has 4 aromatic rings. The minimum absolute atomic E-state index is 0.444. The van der Waals surface area contributed by atoms with Crippen molar-refractivity contribution in [2.24, 2.45) is 0 Å². The summed E-state index contributed by atoms with van der Waals surface area (Å²) >= 11 is 0. The molecule has 0 saturated carbocycles. The molecule has 0 aliphatic heterocycles. The van der Waals surface area contributed by atoms with Crippen molar-refractivity contribution in [2.75, 3.05) is 7.11 Å². The largest absolute Gasteiger partial charge is 0.496 e. The van der Waals surface area contributed by atoms with Crippen LogP contribution in [0.1, 0.15) is 11.1 Å². The third-order valence-corrected chi connectivity index (χ3v) is 4.15. The highest BCUT2D eigenvalue weighted by Crippen LogP contribution is 2.27. The maximum atomic E-state index is 5.42. The second-order valence-corrected chi connectivity index (χ2v) is 6.00. The summed E-state index contributed by atoms with van der Waals surface area (Å²) in [5.74, 6) is 1.70. The topological polar surface area (TPSA) is 61.0 Å². The molecule has 0 N–H and O–H groups in total. The van der Waals surface area contributed by atoms with Gasteiger partial charge in [-0.05, 0) is 49.7 Å². The van der Waals surface area contributed by atoms with Gasteiger partial charge in [-0.2, -0.15) is 4.98 Å². The Bertz CT molecular complexity index is 1070. The number of benzene rings is 2. The van der Waals surface area contributed by atoms with Gasteiger partial charge in [-0.1, -0.05) is 28.9 Å². The summed E-state index contributed by atoms with van der Waals surface area (Å²) in [7, 11) is 1.64. The average Bonchev–Trinajstić information content (AvgIpc) is 3.12. The first-order chi connectivity index (χ1) is 12.1. The van der Waals surface area contributed by atoms with Crippen LogP contribution in [0.15, 0.2) is 53.1 Å². The first kappa shape index (κ1) is 15.3. The van der Waals surface area contributed by atoms with Gasteiger partial charge in [0.25, 0.3) is 5.89 Å². The molecule has 25 heavy (non-hydrogen) atoms. The first-order valence-electron chi connectivity index (χ1n) is 8.00. The number of nitrogens with zero attached hydrogens (tertiary/aromatic N) is 3. The zero-order valence-electron chi connectivity index (χ0n) is 14.3. The fourth-order valence-electron chi connectivity index (χ4n) is 2.77. The fourth-order valence-corrected chi connectivity index (χ4v) is 2.77. The molecular weight excluding hydrogens is 314 g/mol. The van der Waals surface area contributed by atoms with Gasteiger partial charge in [0, 0.05) is 10.9 Å². The Hall–Kier alpha value is -3.21. The maximum absolute atomic E-state index is 5.42. The Balaban J connectivity index is 1.72. The standard InChI is InChI=1S/C20H17N3O2/c1-12-4-8-16-14(10-12)7-9-17(21-16)19-22-20(25-23-19)15-6-5-13(2)18(11-15)24-3/h4-11H,1-3H3. The molecule has 5 heteroatoms. The van der Waals surface area contributed by atoms with Crippen molar-refractivity contribution in [1.29, 1.82) is 0 Å². The van der Waals surface area contributed by atoms with E-state index < -0.39 is 0 Å². The summed E-state index contributed by atoms with van der Waals surface area (Å²) in [5, 5.41) is 5.17. The number of methoxy groups -OCH3 is 1. The van der Waals surface area contributed by atoms with E-state index in [9.17, 15) is 0 Å². The summed E-state index contributed by atoms with van der Waals surface area (Å²) in [5.41, 5.74) is 4.67. The Labute approximate surface area is 145 Å². The normalized spacial score (nSPS) is 11.0. The average molecular weight is 331 g/mol. The minimum atomic E-state index is 0.444.